The third-order valence-corrected chi connectivity index (χ3v) is 4.97. The number of hydrogen-bond donors (Lipinski definition) is 2. The predicted octanol–water partition coefficient (Wildman–Crippen LogP) is 4.02. The van der Waals surface area contributed by atoms with Gasteiger partial charge < -0.3 is 24.8 Å². The highest BCUT2D eigenvalue weighted by Crippen LogP contribution is 2.32. The minimum absolute atomic E-state index is 0. The predicted molar refractivity (Wildman–Crippen MR) is 134 cm³/mol. The summed E-state index contributed by atoms with van der Waals surface area (Å²) in [7, 11) is 6.77. The van der Waals surface area contributed by atoms with Crippen molar-refractivity contribution in [2.75, 3.05) is 41.5 Å². The number of rotatable bonds is 9. The Labute approximate surface area is 197 Å². The lowest BCUT2D eigenvalue weighted by Crippen LogP contribution is -2.44. The van der Waals surface area contributed by atoms with Crippen molar-refractivity contribution in [3.05, 3.63) is 53.6 Å². The fraction of sp³-hybridized carbons (Fsp3) is 0.435. The van der Waals surface area contributed by atoms with E-state index in [0.717, 1.165) is 48.3 Å². The number of nitrogens with one attached hydrogen (secondary N) is 2. The van der Waals surface area contributed by atoms with Gasteiger partial charge in [0.15, 0.2) is 17.5 Å². The van der Waals surface area contributed by atoms with Crippen molar-refractivity contribution < 1.29 is 14.2 Å². The lowest BCUT2D eigenvalue weighted by molar-refractivity contribution is 0.353. The number of methoxy groups -OCH3 is 3. The first-order chi connectivity index (χ1) is 13.9. The van der Waals surface area contributed by atoms with E-state index in [4.69, 9.17) is 14.2 Å². The summed E-state index contributed by atoms with van der Waals surface area (Å²) in [6.07, 6.45) is 0.851. The van der Waals surface area contributed by atoms with Crippen LogP contribution in [0.5, 0.6) is 17.2 Å². The Bertz CT molecular complexity index is 825. The zero-order valence-corrected chi connectivity index (χ0v) is 21.1. The molecule has 6 nitrogen and oxygen atoms in total. The summed E-state index contributed by atoms with van der Waals surface area (Å²) < 4.78 is 16.2. The number of nitrogens with zero attached hydrogens (tertiary/aromatic N) is 1. The topological polar surface area (TPSA) is 64.1 Å². The number of benzene rings is 2. The maximum absolute atomic E-state index is 5.44. The van der Waals surface area contributed by atoms with Crippen LogP contribution in [0.25, 0.3) is 0 Å². The van der Waals surface area contributed by atoms with Gasteiger partial charge in [-0.25, -0.2) is 0 Å². The zero-order chi connectivity index (χ0) is 21.3. The standard InChI is InChI=1S/C23H33N3O3.HI/c1-23(2,18-11-12-20(28-5)21(15-18)29-6)16-26-22(24-3)25-14-13-17-9-7-8-10-19(17)27-4;/h7-12,15H,13-14,16H2,1-6H3,(H2,24,25,26);1H. The second-order valence-corrected chi connectivity index (χ2v) is 7.37. The van der Waals surface area contributed by atoms with Crippen molar-refractivity contribution in [3.63, 3.8) is 0 Å². The molecular weight excluding hydrogens is 493 g/mol. The first-order valence-electron chi connectivity index (χ1n) is 9.74. The summed E-state index contributed by atoms with van der Waals surface area (Å²) in [5, 5.41) is 6.80. The van der Waals surface area contributed by atoms with Gasteiger partial charge in [0.25, 0.3) is 0 Å². The number of halogens is 1. The van der Waals surface area contributed by atoms with Crippen LogP contribution < -0.4 is 24.8 Å². The average Bonchev–Trinajstić information content (AvgIpc) is 2.75. The van der Waals surface area contributed by atoms with E-state index in [9.17, 15) is 0 Å². The Morgan fingerprint density at radius 1 is 0.900 bits per heavy atom. The molecule has 0 unspecified atom stereocenters. The molecule has 30 heavy (non-hydrogen) atoms. The molecule has 0 aliphatic heterocycles. The molecule has 0 spiro atoms. The maximum Gasteiger partial charge on any atom is 0.191 e. The van der Waals surface area contributed by atoms with Crippen LogP contribution in [-0.2, 0) is 11.8 Å². The first kappa shape index (κ1) is 25.9. The molecule has 7 heteroatoms. The molecule has 0 heterocycles. The van der Waals surface area contributed by atoms with E-state index in [2.05, 4.69) is 41.6 Å². The highest BCUT2D eigenvalue weighted by molar-refractivity contribution is 14.0. The lowest BCUT2D eigenvalue weighted by atomic mass is 9.84. The fourth-order valence-electron chi connectivity index (χ4n) is 3.11. The van der Waals surface area contributed by atoms with Gasteiger partial charge in [0.05, 0.1) is 21.3 Å². The van der Waals surface area contributed by atoms with E-state index in [-0.39, 0.29) is 29.4 Å². The fourth-order valence-corrected chi connectivity index (χ4v) is 3.11. The van der Waals surface area contributed by atoms with Crippen LogP contribution in [0.3, 0.4) is 0 Å². The number of hydrogen-bond acceptors (Lipinski definition) is 4. The zero-order valence-electron chi connectivity index (χ0n) is 18.7. The molecule has 0 aliphatic rings. The van der Waals surface area contributed by atoms with Gasteiger partial charge in [-0.3, -0.25) is 4.99 Å². The Hall–Kier alpha value is -2.16. The molecule has 166 valence electrons. The van der Waals surface area contributed by atoms with Crippen LogP contribution in [0.15, 0.2) is 47.5 Å². The van der Waals surface area contributed by atoms with Crippen molar-refractivity contribution in [2.24, 2.45) is 4.99 Å². The van der Waals surface area contributed by atoms with Crippen molar-refractivity contribution in [2.45, 2.75) is 25.7 Å². The summed E-state index contributed by atoms with van der Waals surface area (Å²) in [5.74, 6) is 3.14. The molecule has 0 atom stereocenters. The second kappa shape index (κ2) is 12.5. The van der Waals surface area contributed by atoms with E-state index in [1.807, 2.05) is 30.3 Å². The largest absolute Gasteiger partial charge is 0.496 e. The minimum atomic E-state index is -0.125. The third kappa shape index (κ3) is 6.97. The van der Waals surface area contributed by atoms with E-state index in [1.54, 1.807) is 28.4 Å². The summed E-state index contributed by atoms with van der Waals surface area (Å²) in [6, 6.07) is 14.1. The molecule has 0 saturated carbocycles. The molecule has 0 bridgehead atoms. The first-order valence-corrected chi connectivity index (χ1v) is 9.74. The van der Waals surface area contributed by atoms with Crippen molar-refractivity contribution in [3.8, 4) is 17.2 Å². The van der Waals surface area contributed by atoms with Gasteiger partial charge >= 0.3 is 0 Å². The van der Waals surface area contributed by atoms with E-state index < -0.39 is 0 Å². The van der Waals surface area contributed by atoms with Crippen molar-refractivity contribution >= 4 is 29.9 Å². The molecule has 2 aromatic rings. The van der Waals surface area contributed by atoms with Crippen LogP contribution in [-0.4, -0.2) is 47.4 Å². The molecule has 0 aliphatic carbocycles. The summed E-state index contributed by atoms with van der Waals surface area (Å²) in [6.45, 7) is 5.85. The Kier molecular flexibility index (Phi) is 10.8. The molecule has 0 radical (unpaired) electrons. The van der Waals surface area contributed by atoms with E-state index >= 15 is 0 Å². The summed E-state index contributed by atoms with van der Waals surface area (Å²) >= 11 is 0. The monoisotopic (exact) mass is 527 g/mol. The molecule has 2 N–H and O–H groups in total. The van der Waals surface area contributed by atoms with Crippen molar-refractivity contribution in [1.29, 1.82) is 0 Å². The maximum atomic E-state index is 5.44. The Morgan fingerprint density at radius 2 is 1.57 bits per heavy atom. The molecule has 2 aromatic carbocycles. The average molecular weight is 527 g/mol. The molecule has 0 fully saturated rings. The van der Waals surface area contributed by atoms with E-state index in [0.29, 0.717) is 0 Å². The van der Waals surface area contributed by atoms with Gasteiger partial charge in [-0.15, -0.1) is 24.0 Å². The molecule has 0 amide bonds. The summed E-state index contributed by atoms with van der Waals surface area (Å²) in [4.78, 5) is 4.34. The SMILES string of the molecule is CN=C(NCCc1ccccc1OC)NCC(C)(C)c1ccc(OC)c(OC)c1.I. The van der Waals surface area contributed by atoms with Gasteiger partial charge in [-0.2, -0.15) is 0 Å². The van der Waals surface area contributed by atoms with Gasteiger partial charge in [0.2, 0.25) is 0 Å². The van der Waals surface area contributed by atoms with Crippen LogP contribution >= 0.6 is 24.0 Å². The van der Waals surface area contributed by atoms with E-state index in [1.165, 1.54) is 5.56 Å². The molecule has 0 saturated heterocycles. The van der Waals surface area contributed by atoms with Crippen molar-refractivity contribution in [1.82, 2.24) is 10.6 Å². The summed E-state index contributed by atoms with van der Waals surface area (Å²) in [5.41, 5.74) is 2.20. The smallest absolute Gasteiger partial charge is 0.191 e. The van der Waals surface area contributed by atoms with Gasteiger partial charge in [0, 0.05) is 25.6 Å². The molecular formula is C23H34IN3O3. The number of guanidine groups is 1. The van der Waals surface area contributed by atoms with Gasteiger partial charge in [-0.1, -0.05) is 38.1 Å². The van der Waals surface area contributed by atoms with Gasteiger partial charge in [0.1, 0.15) is 5.75 Å². The van der Waals surface area contributed by atoms with Crippen LogP contribution in [0.2, 0.25) is 0 Å². The normalized spacial score (nSPS) is 11.3. The highest BCUT2D eigenvalue weighted by Gasteiger charge is 2.22. The van der Waals surface area contributed by atoms with Gasteiger partial charge in [-0.05, 0) is 35.7 Å². The van der Waals surface area contributed by atoms with Crippen LogP contribution in [0.1, 0.15) is 25.0 Å². The number of para-hydroxylation sites is 1. The Balaban J connectivity index is 0.00000450. The minimum Gasteiger partial charge on any atom is -0.496 e. The molecule has 0 aromatic heterocycles. The quantitative estimate of drug-likeness (QED) is 0.293. The highest BCUT2D eigenvalue weighted by atomic mass is 127. The lowest BCUT2D eigenvalue weighted by Gasteiger charge is -2.27. The number of aliphatic imine (C=N–C) groups is 1. The number of ether oxygens (including phenoxy) is 3. The Morgan fingerprint density at radius 3 is 2.20 bits per heavy atom. The molecule has 2 rings (SSSR count). The third-order valence-electron chi connectivity index (χ3n) is 4.97. The second-order valence-electron chi connectivity index (χ2n) is 7.37. The van der Waals surface area contributed by atoms with Crippen LogP contribution in [0.4, 0.5) is 0 Å². The van der Waals surface area contributed by atoms with Crippen LogP contribution in [0, 0.1) is 0 Å².